The summed E-state index contributed by atoms with van der Waals surface area (Å²) in [6.45, 7) is 1.61. The van der Waals surface area contributed by atoms with Gasteiger partial charge in [-0.3, -0.25) is 19.3 Å². The zero-order valence-corrected chi connectivity index (χ0v) is 22.5. The Labute approximate surface area is 234 Å². The molecule has 0 saturated carbocycles. The maximum absolute atomic E-state index is 14.0. The Morgan fingerprint density at radius 3 is 2.46 bits per heavy atom. The third kappa shape index (κ3) is 4.15. The highest BCUT2D eigenvalue weighted by Crippen LogP contribution is 2.45. The summed E-state index contributed by atoms with van der Waals surface area (Å²) >= 11 is 0. The molecule has 1 aliphatic rings. The van der Waals surface area contributed by atoms with Gasteiger partial charge in [-0.25, -0.2) is 9.37 Å². The van der Waals surface area contributed by atoms with Crippen molar-refractivity contribution in [1.82, 2.24) is 14.9 Å². The third-order valence-electron chi connectivity index (χ3n) is 7.47. The quantitative estimate of drug-likeness (QED) is 0.303. The van der Waals surface area contributed by atoms with Crippen LogP contribution in [0.4, 0.5) is 15.8 Å². The summed E-state index contributed by atoms with van der Waals surface area (Å²) in [6.07, 6.45) is 1.54. The fourth-order valence-electron chi connectivity index (χ4n) is 5.38. The first-order valence-electron chi connectivity index (χ1n) is 12.8. The fourth-order valence-corrected chi connectivity index (χ4v) is 5.38. The zero-order valence-electron chi connectivity index (χ0n) is 22.5. The van der Waals surface area contributed by atoms with Crippen LogP contribution >= 0.6 is 0 Å². The van der Waals surface area contributed by atoms with Crippen molar-refractivity contribution < 1.29 is 28.2 Å². The highest BCUT2D eigenvalue weighted by molar-refractivity contribution is 6.15. The van der Waals surface area contributed by atoms with E-state index in [1.54, 1.807) is 35.8 Å². The fraction of sp³-hybridized carbons (Fsp3) is 0.161. The van der Waals surface area contributed by atoms with Gasteiger partial charge in [0.05, 0.1) is 31.6 Å². The van der Waals surface area contributed by atoms with Crippen LogP contribution in [0.5, 0.6) is 5.75 Å². The van der Waals surface area contributed by atoms with Crippen LogP contribution in [0.25, 0.3) is 21.8 Å². The molecule has 3 heterocycles. The van der Waals surface area contributed by atoms with Crippen molar-refractivity contribution in [1.29, 1.82) is 0 Å². The van der Waals surface area contributed by atoms with Gasteiger partial charge in [-0.1, -0.05) is 18.2 Å². The number of amides is 2. The van der Waals surface area contributed by atoms with Crippen molar-refractivity contribution in [3.8, 4) is 5.75 Å². The van der Waals surface area contributed by atoms with E-state index in [4.69, 9.17) is 9.47 Å². The summed E-state index contributed by atoms with van der Waals surface area (Å²) in [5, 5.41) is 4.46. The van der Waals surface area contributed by atoms with Crippen LogP contribution in [0, 0.1) is 5.82 Å². The van der Waals surface area contributed by atoms with Crippen LogP contribution in [0.3, 0.4) is 0 Å². The molecule has 206 valence electrons. The molecule has 0 saturated heterocycles. The number of hydrogen-bond donors (Lipinski definition) is 1. The van der Waals surface area contributed by atoms with Crippen molar-refractivity contribution in [3.05, 3.63) is 96.1 Å². The number of rotatable bonds is 6. The van der Waals surface area contributed by atoms with E-state index in [0.29, 0.717) is 28.2 Å². The molecule has 1 N–H and O–H groups in total. The number of anilines is 2. The number of nitrogens with zero attached hydrogens (tertiary/aromatic N) is 3. The number of benzene rings is 3. The van der Waals surface area contributed by atoms with Gasteiger partial charge in [-0.15, -0.1) is 0 Å². The molecule has 0 spiro atoms. The molecule has 0 bridgehead atoms. The second-order valence-corrected chi connectivity index (χ2v) is 9.85. The number of hydrogen-bond acceptors (Lipinski definition) is 6. The van der Waals surface area contributed by atoms with Crippen molar-refractivity contribution >= 4 is 51.0 Å². The van der Waals surface area contributed by atoms with Gasteiger partial charge in [0.1, 0.15) is 29.3 Å². The predicted octanol–water partition coefficient (Wildman–Crippen LogP) is 4.83. The molecule has 9 nitrogen and oxygen atoms in total. The minimum atomic E-state index is -1.48. The first kappa shape index (κ1) is 26.0. The number of carbonyl (C=O) groups excluding carboxylic acids is 3. The van der Waals surface area contributed by atoms with Crippen LogP contribution in [0.1, 0.15) is 23.0 Å². The van der Waals surface area contributed by atoms with Gasteiger partial charge in [0.15, 0.2) is 0 Å². The lowest BCUT2D eigenvalue weighted by atomic mass is 9.93. The molecule has 10 heteroatoms. The van der Waals surface area contributed by atoms with Crippen LogP contribution in [0.15, 0.2) is 79.0 Å². The monoisotopic (exact) mass is 552 g/mol. The number of aromatic nitrogens is 2. The molecule has 1 aliphatic heterocycles. The summed E-state index contributed by atoms with van der Waals surface area (Å²) in [7, 11) is 2.84. The van der Waals surface area contributed by atoms with Gasteiger partial charge in [0.25, 0.3) is 11.8 Å². The molecule has 5 aromatic rings. The second-order valence-electron chi connectivity index (χ2n) is 9.85. The molecule has 3 aromatic carbocycles. The highest BCUT2D eigenvalue weighted by Gasteiger charge is 2.49. The largest absolute Gasteiger partial charge is 0.497 e. The van der Waals surface area contributed by atoms with E-state index in [9.17, 15) is 18.8 Å². The van der Waals surface area contributed by atoms with Gasteiger partial charge in [-0.2, -0.15) is 0 Å². The smallest absolute Gasteiger partial charge is 0.325 e. The molecule has 0 radical (unpaired) electrons. The van der Waals surface area contributed by atoms with Crippen LogP contribution in [0.2, 0.25) is 0 Å². The third-order valence-corrected chi connectivity index (χ3v) is 7.47. The van der Waals surface area contributed by atoms with Gasteiger partial charge in [0.2, 0.25) is 0 Å². The Hall–Kier alpha value is -5.25. The van der Waals surface area contributed by atoms with Crippen LogP contribution < -0.4 is 15.0 Å². The summed E-state index contributed by atoms with van der Waals surface area (Å²) in [4.78, 5) is 45.6. The number of halogens is 1. The topological polar surface area (TPSA) is 103 Å². The van der Waals surface area contributed by atoms with Crippen molar-refractivity contribution in [2.75, 3.05) is 19.1 Å². The average Bonchev–Trinajstić information content (AvgIpc) is 3.41. The Morgan fingerprint density at radius 1 is 0.976 bits per heavy atom. The number of para-hydroxylation sites is 1. The lowest BCUT2D eigenvalue weighted by molar-refractivity contribution is -0.141. The molecule has 1 atom stereocenters. The predicted molar refractivity (Wildman–Crippen MR) is 151 cm³/mol. The molecule has 2 amide bonds. The summed E-state index contributed by atoms with van der Waals surface area (Å²) in [5.41, 5.74) is 1.59. The number of methoxy groups -OCH3 is 2. The summed E-state index contributed by atoms with van der Waals surface area (Å²) < 4.78 is 25.7. The van der Waals surface area contributed by atoms with E-state index in [-0.39, 0.29) is 12.2 Å². The lowest BCUT2D eigenvalue weighted by Crippen LogP contribution is -2.50. The van der Waals surface area contributed by atoms with Gasteiger partial charge in [-0.05, 0) is 61.5 Å². The molecule has 0 unspecified atom stereocenters. The molecular weight excluding hydrogens is 527 g/mol. The van der Waals surface area contributed by atoms with E-state index in [1.165, 1.54) is 49.6 Å². The van der Waals surface area contributed by atoms with Crippen molar-refractivity contribution in [3.63, 3.8) is 0 Å². The number of pyridine rings is 1. The standard InChI is InChI=1S/C31H25FN4O5/c1-31(23-14-20(40-2)12-13-26(23)36(30(31)39)19-10-8-18(32)9-11-19)34-29(38)24-15-22-21-6-4-5-7-25(21)35(17-28(37)41-3)27(22)16-33-24/h4-16H,17H2,1-3H3,(H,34,38)/t31-/m0/s1. The van der Waals surface area contributed by atoms with E-state index < -0.39 is 29.1 Å². The summed E-state index contributed by atoms with van der Waals surface area (Å²) in [5.74, 6) is -1.32. The van der Waals surface area contributed by atoms with E-state index >= 15 is 0 Å². The average molecular weight is 553 g/mol. The van der Waals surface area contributed by atoms with E-state index in [1.807, 2.05) is 24.3 Å². The van der Waals surface area contributed by atoms with Crippen LogP contribution in [-0.4, -0.2) is 41.6 Å². The minimum Gasteiger partial charge on any atom is -0.497 e. The number of carbonyl (C=O) groups is 3. The van der Waals surface area contributed by atoms with Crippen LogP contribution in [-0.2, 0) is 26.4 Å². The summed E-state index contributed by atoms with van der Waals surface area (Å²) in [6, 6.07) is 19.9. The Bertz CT molecular complexity index is 1870. The highest BCUT2D eigenvalue weighted by atomic mass is 19.1. The molecule has 0 fully saturated rings. The number of fused-ring (bicyclic) bond motifs is 4. The Balaban J connectivity index is 1.41. The first-order valence-corrected chi connectivity index (χ1v) is 12.8. The zero-order chi connectivity index (χ0) is 28.9. The molecule has 0 aliphatic carbocycles. The minimum absolute atomic E-state index is 0.0157. The molecular formula is C31H25FN4O5. The molecule has 6 rings (SSSR count). The van der Waals surface area contributed by atoms with Gasteiger partial charge >= 0.3 is 5.97 Å². The number of ether oxygens (including phenoxy) is 2. The second kappa shape index (κ2) is 9.74. The maximum atomic E-state index is 14.0. The molecule has 41 heavy (non-hydrogen) atoms. The Morgan fingerprint density at radius 2 is 1.73 bits per heavy atom. The van der Waals surface area contributed by atoms with E-state index in [0.717, 1.165) is 16.3 Å². The normalized spacial score (nSPS) is 16.2. The SMILES string of the molecule is COC(=O)Cn1c2ccccc2c2cc(C(=O)N[C@]3(C)C(=O)N(c4ccc(F)cc4)c4ccc(OC)cc43)ncc21. The van der Waals surface area contributed by atoms with E-state index in [2.05, 4.69) is 10.3 Å². The Kier molecular flexibility index (Phi) is 6.18. The number of esters is 1. The van der Waals surface area contributed by atoms with Crippen molar-refractivity contribution in [2.24, 2.45) is 0 Å². The van der Waals surface area contributed by atoms with Gasteiger partial charge in [0, 0.05) is 27.5 Å². The maximum Gasteiger partial charge on any atom is 0.325 e. The molecule has 2 aromatic heterocycles. The van der Waals surface area contributed by atoms with Gasteiger partial charge < -0.3 is 19.4 Å². The number of nitrogens with one attached hydrogen (secondary N) is 1. The van der Waals surface area contributed by atoms with Crippen molar-refractivity contribution in [2.45, 2.75) is 19.0 Å². The first-order chi connectivity index (χ1) is 19.7. The lowest BCUT2D eigenvalue weighted by Gasteiger charge is -2.26.